The van der Waals surface area contributed by atoms with Crippen LogP contribution in [0, 0.1) is 0 Å². The molecule has 0 radical (unpaired) electrons. The maximum Gasteiger partial charge on any atom is 0.326 e. The van der Waals surface area contributed by atoms with Crippen molar-refractivity contribution in [3.8, 4) is 5.75 Å². The first-order valence-corrected chi connectivity index (χ1v) is 12.2. The predicted molar refractivity (Wildman–Crippen MR) is 138 cm³/mol. The summed E-state index contributed by atoms with van der Waals surface area (Å²) < 4.78 is 0. The Kier molecular flexibility index (Phi) is 11.6. The molecule has 0 bridgehead atoms. The number of benzene rings is 1. The Balaban J connectivity index is 2.14. The number of aromatic hydroxyl groups is 1. The van der Waals surface area contributed by atoms with Gasteiger partial charge in [-0.3, -0.25) is 19.2 Å². The van der Waals surface area contributed by atoms with Crippen LogP contribution in [0.25, 0.3) is 0 Å². The van der Waals surface area contributed by atoms with Gasteiger partial charge in [-0.05, 0) is 24.1 Å². The molecule has 0 fully saturated rings. The number of carbonyl (C=O) groups is 5. The van der Waals surface area contributed by atoms with Crippen molar-refractivity contribution in [3.63, 3.8) is 0 Å². The van der Waals surface area contributed by atoms with E-state index in [9.17, 15) is 34.2 Å². The Morgan fingerprint density at radius 1 is 0.947 bits per heavy atom. The summed E-state index contributed by atoms with van der Waals surface area (Å²) in [7, 11) is 0. The standard InChI is InChI=1S/C23H31N7O7S/c24-15(8-13-9-26-11-27-13)20(33)30-18(10-38)22(35)29-17(7-12-1-3-14(31)4-2-12)21(34)28-16(23(36)37)5-6-19(25)32/h1-4,9,11,15-18,31,38H,5-8,10,24H2,(H2,25,32)(H,26,27)(H,28,34)(H,29,35)(H,30,33)(H,36,37). The molecule has 206 valence electrons. The number of nitrogens with zero attached hydrogens (tertiary/aromatic N) is 1. The molecule has 0 aliphatic carbocycles. The average Bonchev–Trinajstić information content (AvgIpc) is 3.38. The first kappa shape index (κ1) is 30.1. The van der Waals surface area contributed by atoms with Crippen LogP contribution in [0.3, 0.4) is 0 Å². The van der Waals surface area contributed by atoms with Gasteiger partial charge in [-0.1, -0.05) is 12.1 Å². The zero-order chi connectivity index (χ0) is 28.2. The van der Waals surface area contributed by atoms with Gasteiger partial charge >= 0.3 is 5.97 Å². The van der Waals surface area contributed by atoms with E-state index < -0.39 is 53.8 Å². The number of carboxylic acids is 1. The van der Waals surface area contributed by atoms with E-state index in [1.807, 2.05) is 0 Å². The number of amides is 4. The van der Waals surface area contributed by atoms with Gasteiger partial charge in [-0.2, -0.15) is 12.6 Å². The van der Waals surface area contributed by atoms with E-state index in [1.54, 1.807) is 0 Å². The number of rotatable bonds is 15. The molecule has 0 saturated heterocycles. The van der Waals surface area contributed by atoms with Gasteiger partial charge in [0.15, 0.2) is 0 Å². The number of hydrogen-bond acceptors (Lipinski definition) is 9. The van der Waals surface area contributed by atoms with E-state index >= 15 is 0 Å². The number of H-pyrrole nitrogens is 1. The monoisotopic (exact) mass is 549 g/mol. The molecular formula is C23H31N7O7S. The number of imidazole rings is 1. The SMILES string of the molecule is NC(=O)CCC(NC(=O)C(Cc1ccc(O)cc1)NC(=O)C(CS)NC(=O)C(N)Cc1cnc[nH]1)C(=O)O. The molecule has 0 aliphatic heterocycles. The number of nitrogens with one attached hydrogen (secondary N) is 4. The third-order valence-electron chi connectivity index (χ3n) is 5.45. The molecule has 2 aromatic rings. The summed E-state index contributed by atoms with van der Waals surface area (Å²) in [6.45, 7) is 0. The fraction of sp³-hybridized carbons (Fsp3) is 0.391. The number of aromatic nitrogens is 2. The molecule has 1 aromatic carbocycles. The number of carbonyl (C=O) groups excluding carboxylic acids is 4. The van der Waals surface area contributed by atoms with Gasteiger partial charge in [0, 0.05) is 36.9 Å². The van der Waals surface area contributed by atoms with Crippen LogP contribution in [-0.2, 0) is 36.8 Å². The smallest absolute Gasteiger partial charge is 0.326 e. The van der Waals surface area contributed by atoms with Crippen molar-refractivity contribution in [3.05, 3.63) is 48.0 Å². The highest BCUT2D eigenvalue weighted by atomic mass is 32.1. The molecule has 15 heteroatoms. The molecule has 0 spiro atoms. The minimum atomic E-state index is -1.44. The summed E-state index contributed by atoms with van der Waals surface area (Å²) in [5.41, 5.74) is 12.2. The molecule has 14 nitrogen and oxygen atoms in total. The second kappa shape index (κ2) is 14.6. The molecule has 4 atom stereocenters. The van der Waals surface area contributed by atoms with Crippen LogP contribution in [0.5, 0.6) is 5.75 Å². The summed E-state index contributed by atoms with van der Waals surface area (Å²) in [5.74, 6) is -4.50. The van der Waals surface area contributed by atoms with Crippen molar-refractivity contribution in [2.45, 2.75) is 49.9 Å². The van der Waals surface area contributed by atoms with E-state index in [4.69, 9.17) is 11.5 Å². The Labute approximate surface area is 223 Å². The van der Waals surface area contributed by atoms with Crippen molar-refractivity contribution in [2.24, 2.45) is 11.5 Å². The Morgan fingerprint density at radius 3 is 2.11 bits per heavy atom. The first-order chi connectivity index (χ1) is 18.0. The number of phenolic OH excluding ortho intramolecular Hbond substituents is 1. The zero-order valence-electron chi connectivity index (χ0n) is 20.3. The van der Waals surface area contributed by atoms with Gasteiger partial charge in [0.25, 0.3) is 0 Å². The summed E-state index contributed by atoms with van der Waals surface area (Å²) in [5, 5.41) is 26.3. The molecule has 38 heavy (non-hydrogen) atoms. The number of hydrogen-bond donors (Lipinski definition) is 9. The Bertz CT molecular complexity index is 1110. The van der Waals surface area contributed by atoms with Crippen LogP contribution in [-0.4, -0.2) is 79.7 Å². The normalized spacial score (nSPS) is 13.9. The summed E-state index contributed by atoms with van der Waals surface area (Å²) in [4.78, 5) is 67.9. The van der Waals surface area contributed by atoms with Gasteiger partial charge in [-0.15, -0.1) is 0 Å². The van der Waals surface area contributed by atoms with Crippen molar-refractivity contribution in [2.75, 3.05) is 5.75 Å². The predicted octanol–water partition coefficient (Wildman–Crippen LogP) is -2.04. The Hall–Kier alpha value is -4.11. The van der Waals surface area contributed by atoms with Gasteiger partial charge < -0.3 is 42.6 Å². The van der Waals surface area contributed by atoms with E-state index in [2.05, 4.69) is 38.5 Å². The van der Waals surface area contributed by atoms with Crippen LogP contribution in [0.2, 0.25) is 0 Å². The molecule has 0 saturated carbocycles. The Morgan fingerprint density at radius 2 is 1.55 bits per heavy atom. The highest BCUT2D eigenvalue weighted by Crippen LogP contribution is 2.12. The second-order valence-corrected chi connectivity index (χ2v) is 8.83. The van der Waals surface area contributed by atoms with E-state index in [0.29, 0.717) is 11.3 Å². The van der Waals surface area contributed by atoms with Gasteiger partial charge in [0.1, 0.15) is 23.9 Å². The molecule has 0 aliphatic rings. The van der Waals surface area contributed by atoms with E-state index in [-0.39, 0.29) is 37.2 Å². The number of primary amides is 1. The lowest BCUT2D eigenvalue weighted by Gasteiger charge is -2.24. The van der Waals surface area contributed by atoms with Gasteiger partial charge in [0.2, 0.25) is 23.6 Å². The number of aliphatic carboxylic acids is 1. The summed E-state index contributed by atoms with van der Waals surface area (Å²) >= 11 is 4.12. The number of phenols is 1. The maximum absolute atomic E-state index is 13.0. The van der Waals surface area contributed by atoms with Crippen LogP contribution in [0.4, 0.5) is 0 Å². The van der Waals surface area contributed by atoms with E-state index in [1.165, 1.54) is 36.8 Å². The number of nitrogens with two attached hydrogens (primary N) is 2. The summed E-state index contributed by atoms with van der Waals surface area (Å²) in [6, 6.07) is 0.942. The molecule has 4 amide bonds. The maximum atomic E-state index is 13.0. The van der Waals surface area contributed by atoms with Crippen molar-refractivity contribution < 1.29 is 34.2 Å². The molecule has 10 N–H and O–H groups in total. The first-order valence-electron chi connectivity index (χ1n) is 11.5. The molecule has 2 rings (SSSR count). The third kappa shape index (κ3) is 9.74. The highest BCUT2D eigenvalue weighted by Gasteiger charge is 2.30. The molecule has 1 aromatic heterocycles. The fourth-order valence-corrected chi connectivity index (χ4v) is 3.62. The fourth-order valence-electron chi connectivity index (χ4n) is 3.36. The second-order valence-electron chi connectivity index (χ2n) is 8.47. The minimum Gasteiger partial charge on any atom is -0.508 e. The van der Waals surface area contributed by atoms with Crippen LogP contribution < -0.4 is 27.4 Å². The topological polar surface area (TPSA) is 243 Å². The quantitative estimate of drug-likeness (QED) is 0.111. The number of carboxylic acid groups (broad SMARTS) is 1. The highest BCUT2D eigenvalue weighted by molar-refractivity contribution is 7.80. The number of aromatic amines is 1. The summed E-state index contributed by atoms with van der Waals surface area (Å²) in [6.07, 6.45) is 2.48. The minimum absolute atomic E-state index is 0.0134. The zero-order valence-corrected chi connectivity index (χ0v) is 21.2. The van der Waals surface area contributed by atoms with Gasteiger partial charge in [-0.25, -0.2) is 9.78 Å². The van der Waals surface area contributed by atoms with Crippen LogP contribution in [0.1, 0.15) is 24.1 Å². The van der Waals surface area contributed by atoms with Gasteiger partial charge in [0.05, 0.1) is 12.4 Å². The lowest BCUT2D eigenvalue weighted by molar-refractivity contribution is -0.142. The number of thiol groups is 1. The lowest BCUT2D eigenvalue weighted by atomic mass is 10.0. The van der Waals surface area contributed by atoms with Crippen LogP contribution in [0.15, 0.2) is 36.8 Å². The van der Waals surface area contributed by atoms with Crippen molar-refractivity contribution >= 4 is 42.2 Å². The van der Waals surface area contributed by atoms with E-state index in [0.717, 1.165) is 0 Å². The van der Waals surface area contributed by atoms with Crippen molar-refractivity contribution in [1.82, 2.24) is 25.9 Å². The molecule has 4 unspecified atom stereocenters. The van der Waals surface area contributed by atoms with Crippen molar-refractivity contribution in [1.29, 1.82) is 0 Å². The largest absolute Gasteiger partial charge is 0.508 e. The molecule has 1 heterocycles. The average molecular weight is 550 g/mol. The van der Waals surface area contributed by atoms with Crippen LogP contribution >= 0.6 is 12.6 Å². The molecular weight excluding hydrogens is 518 g/mol. The third-order valence-corrected chi connectivity index (χ3v) is 5.82. The lowest BCUT2D eigenvalue weighted by Crippen LogP contribution is -2.58.